The maximum atomic E-state index is 12.3. The van der Waals surface area contributed by atoms with Crippen molar-refractivity contribution in [3.05, 3.63) is 83.6 Å². The molecule has 6 nitrogen and oxygen atoms in total. The van der Waals surface area contributed by atoms with Gasteiger partial charge in [-0.05, 0) is 29.7 Å². The van der Waals surface area contributed by atoms with E-state index in [9.17, 15) is 4.79 Å². The van der Waals surface area contributed by atoms with E-state index in [-0.39, 0.29) is 5.91 Å². The summed E-state index contributed by atoms with van der Waals surface area (Å²) in [6.07, 6.45) is 4.89. The first-order valence-corrected chi connectivity index (χ1v) is 8.00. The SMILES string of the molecule is Cc1ccccc1CNC(=O)c1cc(NCc2cccnc2)ncn1. The van der Waals surface area contributed by atoms with Crippen LogP contribution in [0.4, 0.5) is 5.82 Å². The maximum absolute atomic E-state index is 12.3. The van der Waals surface area contributed by atoms with Gasteiger partial charge < -0.3 is 10.6 Å². The van der Waals surface area contributed by atoms with Crippen molar-refractivity contribution in [1.29, 1.82) is 0 Å². The van der Waals surface area contributed by atoms with Crippen LogP contribution < -0.4 is 10.6 Å². The minimum Gasteiger partial charge on any atom is -0.366 e. The Hall–Kier alpha value is -3.28. The van der Waals surface area contributed by atoms with Crippen LogP contribution in [0.3, 0.4) is 0 Å². The molecule has 0 unspecified atom stereocenters. The molecule has 1 amide bonds. The second kappa shape index (κ2) is 8.01. The second-order valence-electron chi connectivity index (χ2n) is 5.61. The average Bonchev–Trinajstić information content (AvgIpc) is 2.66. The van der Waals surface area contributed by atoms with Crippen molar-refractivity contribution in [2.24, 2.45) is 0 Å². The Labute approximate surface area is 146 Å². The molecule has 0 fully saturated rings. The van der Waals surface area contributed by atoms with E-state index in [4.69, 9.17) is 0 Å². The van der Waals surface area contributed by atoms with E-state index in [1.54, 1.807) is 18.5 Å². The largest absolute Gasteiger partial charge is 0.366 e. The van der Waals surface area contributed by atoms with Gasteiger partial charge in [-0.15, -0.1) is 0 Å². The zero-order valence-corrected chi connectivity index (χ0v) is 13.9. The Bertz CT molecular complexity index is 851. The summed E-state index contributed by atoms with van der Waals surface area (Å²) in [5.74, 6) is 0.370. The number of carbonyl (C=O) groups is 1. The minimum atomic E-state index is -0.227. The quantitative estimate of drug-likeness (QED) is 0.725. The lowest BCUT2D eigenvalue weighted by molar-refractivity contribution is 0.0945. The van der Waals surface area contributed by atoms with Gasteiger partial charge in [-0.3, -0.25) is 9.78 Å². The highest BCUT2D eigenvalue weighted by Crippen LogP contribution is 2.09. The zero-order chi connectivity index (χ0) is 17.5. The third-order valence-electron chi connectivity index (χ3n) is 3.80. The number of hydrogen-bond donors (Lipinski definition) is 2. The highest BCUT2D eigenvalue weighted by Gasteiger charge is 2.09. The molecule has 0 radical (unpaired) electrons. The van der Waals surface area contributed by atoms with E-state index in [2.05, 4.69) is 25.6 Å². The Balaban J connectivity index is 1.60. The predicted molar refractivity (Wildman–Crippen MR) is 95.9 cm³/mol. The fourth-order valence-electron chi connectivity index (χ4n) is 2.35. The lowest BCUT2D eigenvalue weighted by atomic mass is 10.1. The fraction of sp³-hybridized carbons (Fsp3) is 0.158. The molecule has 1 aromatic carbocycles. The topological polar surface area (TPSA) is 79.8 Å². The zero-order valence-electron chi connectivity index (χ0n) is 13.9. The predicted octanol–water partition coefficient (Wildman–Crippen LogP) is 2.72. The first-order chi connectivity index (χ1) is 12.2. The van der Waals surface area contributed by atoms with E-state index < -0.39 is 0 Å². The number of benzene rings is 1. The van der Waals surface area contributed by atoms with Crippen molar-refractivity contribution in [1.82, 2.24) is 20.3 Å². The molecular formula is C19H19N5O. The van der Waals surface area contributed by atoms with E-state index in [0.29, 0.717) is 24.6 Å². The van der Waals surface area contributed by atoms with Crippen molar-refractivity contribution in [2.45, 2.75) is 20.0 Å². The van der Waals surface area contributed by atoms with Gasteiger partial charge in [-0.25, -0.2) is 9.97 Å². The summed E-state index contributed by atoms with van der Waals surface area (Å²) in [7, 11) is 0. The molecule has 0 saturated carbocycles. The summed E-state index contributed by atoms with van der Waals surface area (Å²) in [5.41, 5.74) is 3.59. The van der Waals surface area contributed by atoms with Crippen LogP contribution in [0, 0.1) is 6.92 Å². The Morgan fingerprint density at radius 3 is 2.76 bits per heavy atom. The van der Waals surface area contributed by atoms with E-state index in [1.807, 2.05) is 43.3 Å². The first kappa shape index (κ1) is 16.6. The monoisotopic (exact) mass is 333 g/mol. The molecule has 0 spiro atoms. The number of aryl methyl sites for hydroxylation is 1. The van der Waals surface area contributed by atoms with Gasteiger partial charge in [-0.2, -0.15) is 0 Å². The van der Waals surface area contributed by atoms with Crippen molar-refractivity contribution in [3.63, 3.8) is 0 Å². The summed E-state index contributed by atoms with van der Waals surface area (Å²) in [6.45, 7) is 3.07. The van der Waals surface area contributed by atoms with Crippen LogP contribution in [0.25, 0.3) is 0 Å². The average molecular weight is 333 g/mol. The number of carbonyl (C=O) groups excluding carboxylic acids is 1. The van der Waals surface area contributed by atoms with Crippen LogP contribution in [-0.4, -0.2) is 20.9 Å². The lowest BCUT2D eigenvalue weighted by Gasteiger charge is -2.09. The number of aromatic nitrogens is 3. The molecule has 3 aromatic rings. The van der Waals surface area contributed by atoms with Crippen LogP contribution in [-0.2, 0) is 13.1 Å². The molecule has 0 aliphatic carbocycles. The van der Waals surface area contributed by atoms with Gasteiger partial charge in [0.05, 0.1) is 0 Å². The number of anilines is 1. The summed E-state index contributed by atoms with van der Waals surface area (Å²) >= 11 is 0. The first-order valence-electron chi connectivity index (χ1n) is 8.00. The lowest BCUT2D eigenvalue weighted by Crippen LogP contribution is -2.24. The Kier molecular flexibility index (Phi) is 5.31. The number of amides is 1. The number of nitrogens with one attached hydrogen (secondary N) is 2. The molecule has 2 aromatic heterocycles. The molecule has 2 N–H and O–H groups in total. The number of nitrogens with zero attached hydrogens (tertiary/aromatic N) is 3. The molecule has 0 atom stereocenters. The number of rotatable bonds is 6. The molecule has 0 saturated heterocycles. The van der Waals surface area contributed by atoms with Gasteiger partial charge in [-0.1, -0.05) is 30.3 Å². The smallest absolute Gasteiger partial charge is 0.270 e. The minimum absolute atomic E-state index is 0.227. The van der Waals surface area contributed by atoms with Crippen LogP contribution in [0.15, 0.2) is 61.2 Å². The van der Waals surface area contributed by atoms with E-state index in [1.165, 1.54) is 6.33 Å². The van der Waals surface area contributed by atoms with Gasteiger partial charge in [0.1, 0.15) is 17.8 Å². The standard InChI is InChI=1S/C19H19N5O/c1-14-5-2-3-7-16(14)12-22-19(25)17-9-18(24-13-23-17)21-11-15-6-4-8-20-10-15/h2-10,13H,11-12H2,1H3,(H,22,25)(H,21,23,24). The van der Waals surface area contributed by atoms with Gasteiger partial charge in [0.25, 0.3) is 5.91 Å². The van der Waals surface area contributed by atoms with Gasteiger partial charge in [0.15, 0.2) is 0 Å². The Morgan fingerprint density at radius 1 is 1.08 bits per heavy atom. The summed E-state index contributed by atoms with van der Waals surface area (Å²) in [6, 6.07) is 13.4. The van der Waals surface area contributed by atoms with Crippen molar-refractivity contribution in [3.8, 4) is 0 Å². The van der Waals surface area contributed by atoms with Crippen molar-refractivity contribution in [2.75, 3.05) is 5.32 Å². The van der Waals surface area contributed by atoms with Gasteiger partial charge >= 0.3 is 0 Å². The van der Waals surface area contributed by atoms with Gasteiger partial charge in [0, 0.05) is 31.5 Å². The molecule has 25 heavy (non-hydrogen) atoms. The summed E-state index contributed by atoms with van der Waals surface area (Å²) in [4.78, 5) is 24.6. The normalized spacial score (nSPS) is 10.3. The molecular weight excluding hydrogens is 314 g/mol. The number of hydrogen-bond acceptors (Lipinski definition) is 5. The van der Waals surface area contributed by atoms with Gasteiger partial charge in [0.2, 0.25) is 0 Å². The van der Waals surface area contributed by atoms with E-state index >= 15 is 0 Å². The number of pyridine rings is 1. The highest BCUT2D eigenvalue weighted by atomic mass is 16.1. The summed E-state index contributed by atoms with van der Waals surface area (Å²) < 4.78 is 0. The molecule has 126 valence electrons. The van der Waals surface area contributed by atoms with Crippen molar-refractivity contribution >= 4 is 11.7 Å². The fourth-order valence-corrected chi connectivity index (χ4v) is 2.35. The molecule has 6 heteroatoms. The van der Waals surface area contributed by atoms with Crippen LogP contribution >= 0.6 is 0 Å². The second-order valence-corrected chi connectivity index (χ2v) is 5.61. The molecule has 0 aliphatic rings. The van der Waals surface area contributed by atoms with E-state index in [0.717, 1.165) is 16.7 Å². The summed E-state index contributed by atoms with van der Waals surface area (Å²) in [5, 5.41) is 6.06. The van der Waals surface area contributed by atoms with Crippen LogP contribution in [0.2, 0.25) is 0 Å². The third kappa shape index (κ3) is 4.60. The molecule has 3 rings (SSSR count). The Morgan fingerprint density at radius 2 is 1.96 bits per heavy atom. The molecule has 0 aliphatic heterocycles. The van der Waals surface area contributed by atoms with Crippen LogP contribution in [0.1, 0.15) is 27.2 Å². The molecule has 0 bridgehead atoms. The van der Waals surface area contributed by atoms with Crippen molar-refractivity contribution < 1.29 is 4.79 Å². The molecule has 2 heterocycles. The van der Waals surface area contributed by atoms with Crippen LogP contribution in [0.5, 0.6) is 0 Å². The maximum Gasteiger partial charge on any atom is 0.270 e. The highest BCUT2D eigenvalue weighted by molar-refractivity contribution is 5.92. The third-order valence-corrected chi connectivity index (χ3v) is 3.80.